The standard InChI is InChI=1S/C35H50N10O21P2/c1-3-4-5-22(48)42-16(10-59-34-24(41-15(2)47)27(50)26(49)18(9-46)64-34)33(52)65-29-20(63-32(28(29)51)45-14-40-25-30(37)38-13-39-31(25)45)12-61-68(57,58)66-17-8-23(44-7-6-21(36)43-35(44)53)62-19(17)11-60-67(54,55)56/h3,6-7,13-14,16-20,23-24,26-29,32,34,46,49-51H,1,4-5,8-12H2,2H3,(H,41,47)(H,42,48)(H,57,58)(H2,36,43,53)(H2,37,38,39)(H2,54,55,56)/t16-,17-,18+,19+,20+,23+,24+,26+,27+,28+,29+,32+,34+/m0/s1. The Hall–Kier alpha value is -4.92. The highest BCUT2D eigenvalue weighted by Crippen LogP contribution is 2.50. The van der Waals surface area contributed by atoms with E-state index < -0.39 is 152 Å². The number of nitrogens with zero attached hydrogens (tertiary/aromatic N) is 6. The fourth-order valence-electron chi connectivity index (χ4n) is 7.29. The molecule has 0 bridgehead atoms. The largest absolute Gasteiger partial charge is 0.472 e. The number of amides is 2. The molecule has 68 heavy (non-hydrogen) atoms. The third-order valence-corrected chi connectivity index (χ3v) is 12.0. The molecule has 14 atom stereocenters. The maximum atomic E-state index is 14.1. The van der Waals surface area contributed by atoms with Crippen LogP contribution >= 0.6 is 15.6 Å². The normalized spacial score (nSPS) is 29.8. The van der Waals surface area contributed by atoms with Crippen LogP contribution in [0.5, 0.6) is 0 Å². The number of phosphoric ester groups is 2. The highest BCUT2D eigenvalue weighted by Gasteiger charge is 2.51. The van der Waals surface area contributed by atoms with Gasteiger partial charge in [-0.05, 0) is 12.5 Å². The molecule has 0 saturated carbocycles. The van der Waals surface area contributed by atoms with Crippen LogP contribution in [0.4, 0.5) is 11.6 Å². The molecule has 3 aliphatic rings. The average molecular weight is 1010 g/mol. The van der Waals surface area contributed by atoms with E-state index in [1.807, 2.05) is 0 Å². The number of hydrogen-bond acceptors (Lipinski definition) is 24. The Kier molecular flexibility index (Phi) is 17.1. The summed E-state index contributed by atoms with van der Waals surface area (Å²) in [6.45, 7) is 1.09. The van der Waals surface area contributed by atoms with Crippen molar-refractivity contribution in [2.75, 3.05) is 37.9 Å². The van der Waals surface area contributed by atoms with Gasteiger partial charge >= 0.3 is 27.3 Å². The first-order valence-corrected chi connectivity index (χ1v) is 23.4. The van der Waals surface area contributed by atoms with Gasteiger partial charge in [-0.1, -0.05) is 6.08 Å². The second kappa shape index (κ2) is 22.2. The number of carbonyl (C=O) groups excluding carboxylic acids is 3. The number of anilines is 2. The molecule has 3 aromatic rings. The number of aliphatic hydroxyl groups excluding tert-OH is 4. The summed E-state index contributed by atoms with van der Waals surface area (Å²) < 4.78 is 71.3. The zero-order chi connectivity index (χ0) is 49.7. The summed E-state index contributed by atoms with van der Waals surface area (Å²) in [5, 5.41) is 47.5. The second-order valence-electron chi connectivity index (χ2n) is 15.4. The summed E-state index contributed by atoms with van der Waals surface area (Å²) in [6, 6.07) is -2.00. The number of nitrogen functional groups attached to an aromatic ring is 2. The van der Waals surface area contributed by atoms with Crippen molar-refractivity contribution in [2.45, 2.75) is 106 Å². The van der Waals surface area contributed by atoms with Gasteiger partial charge in [0.1, 0.15) is 72.7 Å². The highest BCUT2D eigenvalue weighted by molar-refractivity contribution is 7.47. The lowest BCUT2D eigenvalue weighted by molar-refractivity contribution is -0.271. The number of aliphatic hydroxyl groups is 4. The highest BCUT2D eigenvalue weighted by atomic mass is 31.2. The Bertz CT molecular complexity index is 2440. The molecule has 31 nitrogen and oxygen atoms in total. The number of nitrogens with one attached hydrogen (secondary N) is 2. The molecule has 6 rings (SSSR count). The Morgan fingerprint density at radius 2 is 1.74 bits per heavy atom. The predicted octanol–water partition coefficient (Wildman–Crippen LogP) is -4.27. The Labute approximate surface area is 383 Å². The summed E-state index contributed by atoms with van der Waals surface area (Å²) in [4.78, 5) is 97.1. The quantitative estimate of drug-likeness (QED) is 0.0273. The first-order chi connectivity index (χ1) is 32.1. The molecule has 0 spiro atoms. The van der Waals surface area contributed by atoms with Crippen molar-refractivity contribution < 1.29 is 95.9 Å². The number of ether oxygens (including phenoxy) is 5. The number of esters is 1. The SMILES string of the molecule is C=CCCC(=O)N[C@@H](CO[C@@H]1O[C@H](CO)[C@@H](O)[C@H](O)[C@H]1NC(C)=O)C(=O)O[C@H]1[C@@H](O)[C@H](n2cnc3c(N)ncnc32)O[C@@H]1COP(=O)(O)O[C@H]1C[C@H](n2ccc(N)nc2=O)O[C@@H]1COP(=O)(O)O. The number of aromatic nitrogens is 6. The van der Waals surface area contributed by atoms with E-state index in [2.05, 4.69) is 41.7 Å². The van der Waals surface area contributed by atoms with Crippen LogP contribution in [0.15, 0.2) is 42.4 Å². The van der Waals surface area contributed by atoms with Crippen molar-refractivity contribution in [3.8, 4) is 0 Å². The maximum absolute atomic E-state index is 14.1. The number of nitrogens with two attached hydrogens (primary N) is 2. The van der Waals surface area contributed by atoms with Gasteiger partial charge in [0.05, 0.1) is 32.8 Å². The van der Waals surface area contributed by atoms with Crippen molar-refractivity contribution in [1.82, 2.24) is 39.7 Å². The third-order valence-electron chi connectivity index (χ3n) is 10.5. The summed E-state index contributed by atoms with van der Waals surface area (Å²) >= 11 is 0. The van der Waals surface area contributed by atoms with Crippen molar-refractivity contribution in [3.63, 3.8) is 0 Å². The summed E-state index contributed by atoms with van der Waals surface area (Å²) in [6.07, 6.45) is -13.4. The average Bonchev–Trinajstić information content (AvgIpc) is 3.97. The van der Waals surface area contributed by atoms with Gasteiger partial charge in [0.25, 0.3) is 0 Å². The molecule has 0 aromatic carbocycles. The maximum Gasteiger partial charge on any atom is 0.472 e. The Morgan fingerprint density at radius 3 is 2.41 bits per heavy atom. The smallest absolute Gasteiger partial charge is 0.455 e. The number of imidazole rings is 1. The molecule has 33 heteroatoms. The minimum absolute atomic E-state index is 0.0228. The van der Waals surface area contributed by atoms with E-state index in [0.29, 0.717) is 0 Å². The van der Waals surface area contributed by atoms with Crippen LogP contribution in [0.25, 0.3) is 11.2 Å². The fourth-order valence-corrected chi connectivity index (χ4v) is 8.59. The number of fused-ring (bicyclic) bond motifs is 1. The van der Waals surface area contributed by atoms with Crippen molar-refractivity contribution >= 4 is 56.2 Å². The van der Waals surface area contributed by atoms with E-state index in [4.69, 9.17) is 44.2 Å². The fraction of sp³-hybridized carbons (Fsp3) is 0.600. The zero-order valence-corrected chi connectivity index (χ0v) is 37.4. The molecule has 13 N–H and O–H groups in total. The van der Waals surface area contributed by atoms with Gasteiger partial charge < -0.3 is 80.9 Å². The molecule has 0 radical (unpaired) electrons. The topological polar surface area (TPSA) is 455 Å². The van der Waals surface area contributed by atoms with E-state index in [1.165, 1.54) is 22.9 Å². The van der Waals surface area contributed by atoms with Crippen molar-refractivity contribution in [1.29, 1.82) is 0 Å². The number of allylic oxidation sites excluding steroid dienone is 1. The molecular formula is C35H50N10O21P2. The van der Waals surface area contributed by atoms with Crippen LogP contribution < -0.4 is 27.8 Å². The first-order valence-electron chi connectivity index (χ1n) is 20.3. The van der Waals surface area contributed by atoms with Gasteiger partial charge in [0.2, 0.25) is 11.8 Å². The van der Waals surface area contributed by atoms with Crippen molar-refractivity contribution in [2.24, 2.45) is 0 Å². The molecule has 376 valence electrons. The van der Waals surface area contributed by atoms with Crippen LogP contribution in [0.1, 0.15) is 38.6 Å². The summed E-state index contributed by atoms with van der Waals surface area (Å²) in [5.74, 6) is -2.94. The predicted molar refractivity (Wildman–Crippen MR) is 222 cm³/mol. The third kappa shape index (κ3) is 12.8. The zero-order valence-electron chi connectivity index (χ0n) is 35.6. The Morgan fingerprint density at radius 1 is 1.00 bits per heavy atom. The summed E-state index contributed by atoms with van der Waals surface area (Å²) in [5.41, 5.74) is 10.7. The summed E-state index contributed by atoms with van der Waals surface area (Å²) in [7, 11) is -10.5. The number of rotatable bonds is 21. The molecule has 0 aliphatic carbocycles. The molecule has 2 amide bonds. The van der Waals surface area contributed by atoms with Gasteiger partial charge in [0.15, 0.2) is 36.1 Å². The van der Waals surface area contributed by atoms with Crippen LogP contribution in [-0.2, 0) is 60.8 Å². The monoisotopic (exact) mass is 1010 g/mol. The molecule has 6 heterocycles. The molecule has 1 unspecified atom stereocenters. The van der Waals surface area contributed by atoms with Gasteiger partial charge in [-0.2, -0.15) is 4.98 Å². The minimum Gasteiger partial charge on any atom is -0.455 e. The van der Waals surface area contributed by atoms with Gasteiger partial charge in [-0.25, -0.2) is 33.7 Å². The van der Waals surface area contributed by atoms with Crippen LogP contribution in [-0.4, -0.2) is 176 Å². The van der Waals surface area contributed by atoms with Gasteiger partial charge in [-0.15, -0.1) is 6.58 Å². The van der Waals surface area contributed by atoms with Crippen LogP contribution in [0, 0.1) is 0 Å². The molecule has 3 fully saturated rings. The molecule has 3 aliphatic heterocycles. The minimum atomic E-state index is -5.34. The Balaban J connectivity index is 1.25. The number of carbonyl (C=O) groups is 3. The first kappa shape index (κ1) is 52.5. The van der Waals surface area contributed by atoms with Gasteiger partial charge in [-0.3, -0.25) is 32.3 Å². The van der Waals surface area contributed by atoms with Crippen molar-refractivity contribution in [3.05, 3.63) is 48.1 Å². The van der Waals surface area contributed by atoms with Crippen LogP contribution in [0.3, 0.4) is 0 Å². The van der Waals surface area contributed by atoms with Crippen LogP contribution in [0.2, 0.25) is 0 Å². The van der Waals surface area contributed by atoms with Gasteiger partial charge in [0, 0.05) is 26.0 Å². The second-order valence-corrected chi connectivity index (χ2v) is 18.0. The lowest BCUT2D eigenvalue weighted by atomic mass is 9.97. The molecular weight excluding hydrogens is 958 g/mol. The number of phosphoric acid groups is 2. The molecule has 3 aromatic heterocycles. The van der Waals surface area contributed by atoms with E-state index in [0.717, 1.165) is 24.1 Å². The van der Waals surface area contributed by atoms with E-state index in [9.17, 15) is 63.4 Å². The molecule has 3 saturated heterocycles. The van der Waals surface area contributed by atoms with E-state index >= 15 is 0 Å². The van der Waals surface area contributed by atoms with E-state index in [-0.39, 0.29) is 35.6 Å². The lowest BCUT2D eigenvalue weighted by Gasteiger charge is -2.42. The number of hydrogen-bond donors (Lipinski definition) is 11. The van der Waals surface area contributed by atoms with E-state index in [1.54, 1.807) is 0 Å². The lowest BCUT2D eigenvalue weighted by Crippen LogP contribution is -2.65.